The lowest BCUT2D eigenvalue weighted by Crippen LogP contribution is -2.20. The van der Waals surface area contributed by atoms with Crippen molar-refractivity contribution in [1.29, 1.82) is 0 Å². The Morgan fingerprint density at radius 2 is 2.40 bits per heavy atom. The van der Waals surface area contributed by atoms with E-state index in [1.54, 1.807) is 11.3 Å². The molecule has 0 saturated carbocycles. The molecule has 2 heterocycles. The molecule has 0 amide bonds. The lowest BCUT2D eigenvalue weighted by Gasteiger charge is -2.13. The Balaban J connectivity index is 2.10. The lowest BCUT2D eigenvalue weighted by molar-refractivity contribution is 0.238. The van der Waals surface area contributed by atoms with Crippen LogP contribution in [0.15, 0.2) is 0 Å². The van der Waals surface area contributed by atoms with E-state index in [1.807, 2.05) is 0 Å². The minimum absolute atomic E-state index is 0.307. The summed E-state index contributed by atoms with van der Waals surface area (Å²) in [4.78, 5) is 8.28. The maximum Gasteiger partial charge on any atom is 0.185 e. The van der Waals surface area contributed by atoms with Gasteiger partial charge in [-0.25, -0.2) is 4.98 Å². The van der Waals surface area contributed by atoms with Gasteiger partial charge in [0, 0.05) is 30.5 Å². The molecule has 1 fully saturated rings. The highest BCUT2D eigenvalue weighted by molar-refractivity contribution is 7.15. The predicted molar refractivity (Wildman–Crippen MR) is 63.6 cm³/mol. The summed E-state index contributed by atoms with van der Waals surface area (Å²) in [5, 5.41) is 10.2. The molecule has 1 saturated heterocycles. The second kappa shape index (κ2) is 4.49. The van der Waals surface area contributed by atoms with Crippen molar-refractivity contribution >= 4 is 16.5 Å². The molecule has 1 aromatic rings. The van der Waals surface area contributed by atoms with Crippen LogP contribution in [-0.4, -0.2) is 29.8 Å². The second-order valence-electron chi connectivity index (χ2n) is 4.14. The van der Waals surface area contributed by atoms with Gasteiger partial charge in [0.05, 0.1) is 5.69 Å². The number of aryl methyl sites for hydroxylation is 2. The highest BCUT2D eigenvalue weighted by atomic mass is 32.1. The van der Waals surface area contributed by atoms with Crippen LogP contribution in [0.4, 0.5) is 5.13 Å². The zero-order chi connectivity index (χ0) is 10.8. The monoisotopic (exact) mass is 226 g/mol. The number of aromatic nitrogens is 1. The SMILES string of the molecule is CCc1nc(N2CCC(CO)C2)sc1C. The van der Waals surface area contributed by atoms with Gasteiger partial charge in [0.1, 0.15) is 0 Å². The van der Waals surface area contributed by atoms with Crippen LogP contribution in [0.1, 0.15) is 23.9 Å². The average Bonchev–Trinajstić information content (AvgIpc) is 2.83. The fourth-order valence-corrected chi connectivity index (χ4v) is 3.06. The molecule has 15 heavy (non-hydrogen) atoms. The molecular weight excluding hydrogens is 208 g/mol. The third kappa shape index (κ3) is 2.16. The van der Waals surface area contributed by atoms with E-state index in [0.717, 1.165) is 31.1 Å². The van der Waals surface area contributed by atoms with E-state index < -0.39 is 0 Å². The van der Waals surface area contributed by atoms with Crippen molar-refractivity contribution in [3.05, 3.63) is 10.6 Å². The summed E-state index contributed by atoms with van der Waals surface area (Å²) in [6.45, 7) is 6.60. The summed E-state index contributed by atoms with van der Waals surface area (Å²) in [6, 6.07) is 0. The van der Waals surface area contributed by atoms with Crippen LogP contribution in [0, 0.1) is 12.8 Å². The molecule has 4 heteroatoms. The van der Waals surface area contributed by atoms with Crippen LogP contribution < -0.4 is 4.90 Å². The van der Waals surface area contributed by atoms with Gasteiger partial charge in [-0.15, -0.1) is 11.3 Å². The summed E-state index contributed by atoms with van der Waals surface area (Å²) < 4.78 is 0. The zero-order valence-electron chi connectivity index (χ0n) is 9.36. The van der Waals surface area contributed by atoms with Crippen molar-refractivity contribution in [3.63, 3.8) is 0 Å². The summed E-state index contributed by atoms with van der Waals surface area (Å²) in [5.41, 5.74) is 1.22. The summed E-state index contributed by atoms with van der Waals surface area (Å²) >= 11 is 1.78. The van der Waals surface area contributed by atoms with E-state index in [2.05, 4.69) is 23.7 Å². The number of nitrogens with zero attached hydrogens (tertiary/aromatic N) is 2. The molecule has 1 aromatic heterocycles. The first kappa shape index (κ1) is 10.9. The molecule has 0 aromatic carbocycles. The Hall–Kier alpha value is -0.610. The Morgan fingerprint density at radius 1 is 1.60 bits per heavy atom. The number of rotatable bonds is 3. The Labute approximate surface area is 94.8 Å². The van der Waals surface area contributed by atoms with Gasteiger partial charge < -0.3 is 10.0 Å². The van der Waals surface area contributed by atoms with E-state index in [9.17, 15) is 0 Å². The number of hydrogen-bond acceptors (Lipinski definition) is 4. The topological polar surface area (TPSA) is 36.4 Å². The minimum Gasteiger partial charge on any atom is -0.396 e. The van der Waals surface area contributed by atoms with Crippen LogP contribution in [-0.2, 0) is 6.42 Å². The first-order valence-corrected chi connectivity index (χ1v) is 6.38. The maximum absolute atomic E-state index is 9.09. The predicted octanol–water partition coefficient (Wildman–Crippen LogP) is 1.83. The molecule has 1 aliphatic rings. The first-order chi connectivity index (χ1) is 7.24. The lowest BCUT2D eigenvalue weighted by atomic mass is 10.1. The number of thiazole rings is 1. The molecular formula is C11H18N2OS. The smallest absolute Gasteiger partial charge is 0.185 e. The van der Waals surface area contributed by atoms with E-state index in [-0.39, 0.29) is 0 Å². The van der Waals surface area contributed by atoms with Crippen molar-refractivity contribution in [2.24, 2.45) is 5.92 Å². The van der Waals surface area contributed by atoms with Gasteiger partial charge in [0.2, 0.25) is 0 Å². The summed E-state index contributed by atoms with van der Waals surface area (Å²) in [7, 11) is 0. The molecule has 84 valence electrons. The van der Waals surface area contributed by atoms with Crippen molar-refractivity contribution in [2.45, 2.75) is 26.7 Å². The van der Waals surface area contributed by atoms with Gasteiger partial charge in [-0.3, -0.25) is 0 Å². The van der Waals surface area contributed by atoms with Gasteiger partial charge in [-0.2, -0.15) is 0 Å². The normalized spacial score (nSPS) is 21.3. The van der Waals surface area contributed by atoms with E-state index >= 15 is 0 Å². The number of aliphatic hydroxyl groups excluding tert-OH is 1. The molecule has 1 atom stereocenters. The molecule has 1 N–H and O–H groups in total. The minimum atomic E-state index is 0.307. The molecule has 0 bridgehead atoms. The van der Waals surface area contributed by atoms with E-state index in [4.69, 9.17) is 5.11 Å². The Morgan fingerprint density at radius 3 is 2.93 bits per heavy atom. The molecule has 0 spiro atoms. The quantitative estimate of drug-likeness (QED) is 0.854. The van der Waals surface area contributed by atoms with E-state index in [1.165, 1.54) is 10.6 Å². The fraction of sp³-hybridized carbons (Fsp3) is 0.727. The third-order valence-corrected chi connectivity index (χ3v) is 4.10. The molecule has 1 aliphatic heterocycles. The summed E-state index contributed by atoms with van der Waals surface area (Å²) in [5.74, 6) is 0.444. The highest BCUT2D eigenvalue weighted by Gasteiger charge is 2.24. The standard InChI is InChI=1S/C11H18N2OS/c1-3-10-8(2)15-11(12-10)13-5-4-9(6-13)7-14/h9,14H,3-7H2,1-2H3. The number of aliphatic hydroxyl groups is 1. The number of hydrogen-bond donors (Lipinski definition) is 1. The summed E-state index contributed by atoms with van der Waals surface area (Å²) in [6.07, 6.45) is 2.11. The molecule has 3 nitrogen and oxygen atoms in total. The molecule has 0 aliphatic carbocycles. The van der Waals surface area contributed by atoms with Gasteiger partial charge in [-0.1, -0.05) is 6.92 Å². The van der Waals surface area contributed by atoms with Crippen molar-refractivity contribution in [1.82, 2.24) is 4.98 Å². The van der Waals surface area contributed by atoms with Gasteiger partial charge in [-0.05, 0) is 19.8 Å². The average molecular weight is 226 g/mol. The molecule has 0 radical (unpaired) electrons. The van der Waals surface area contributed by atoms with Crippen molar-refractivity contribution < 1.29 is 5.11 Å². The van der Waals surface area contributed by atoms with Crippen LogP contribution in [0.3, 0.4) is 0 Å². The van der Waals surface area contributed by atoms with Crippen molar-refractivity contribution in [2.75, 3.05) is 24.6 Å². The highest BCUT2D eigenvalue weighted by Crippen LogP contribution is 2.29. The maximum atomic E-state index is 9.09. The zero-order valence-corrected chi connectivity index (χ0v) is 10.2. The van der Waals surface area contributed by atoms with Gasteiger partial charge >= 0.3 is 0 Å². The number of anilines is 1. The van der Waals surface area contributed by atoms with Gasteiger partial charge in [0.25, 0.3) is 0 Å². The Bertz CT molecular complexity index is 337. The largest absolute Gasteiger partial charge is 0.396 e. The second-order valence-corrected chi connectivity index (χ2v) is 5.32. The van der Waals surface area contributed by atoms with Crippen LogP contribution in [0.2, 0.25) is 0 Å². The van der Waals surface area contributed by atoms with Crippen molar-refractivity contribution in [3.8, 4) is 0 Å². The van der Waals surface area contributed by atoms with Gasteiger partial charge in [0.15, 0.2) is 5.13 Å². The van der Waals surface area contributed by atoms with Crippen LogP contribution >= 0.6 is 11.3 Å². The van der Waals surface area contributed by atoms with Crippen LogP contribution in [0.25, 0.3) is 0 Å². The molecule has 2 rings (SSSR count). The fourth-order valence-electron chi connectivity index (χ4n) is 2.03. The van der Waals surface area contributed by atoms with E-state index in [0.29, 0.717) is 12.5 Å². The molecule has 1 unspecified atom stereocenters. The van der Waals surface area contributed by atoms with Crippen LogP contribution in [0.5, 0.6) is 0 Å². The first-order valence-electron chi connectivity index (χ1n) is 5.56. The Kier molecular flexibility index (Phi) is 3.26. The third-order valence-electron chi connectivity index (χ3n) is 3.03.